The summed E-state index contributed by atoms with van der Waals surface area (Å²) in [6.07, 6.45) is 2.10. The second kappa shape index (κ2) is 8.73. The molecule has 0 bridgehead atoms. The van der Waals surface area contributed by atoms with E-state index in [1.807, 2.05) is 4.90 Å². The zero-order valence-corrected chi connectivity index (χ0v) is 16.9. The lowest BCUT2D eigenvalue weighted by Gasteiger charge is -2.16. The predicted molar refractivity (Wildman–Crippen MR) is 110 cm³/mol. The zero-order valence-electron chi connectivity index (χ0n) is 14.0. The van der Waals surface area contributed by atoms with Gasteiger partial charge in [0.15, 0.2) is 6.61 Å². The molecule has 1 heterocycles. The second-order valence-corrected chi connectivity index (χ2v) is 7.58. The first-order chi connectivity index (χ1) is 12.5. The van der Waals surface area contributed by atoms with Gasteiger partial charge in [-0.05, 0) is 65.8 Å². The van der Waals surface area contributed by atoms with E-state index in [0.29, 0.717) is 22.0 Å². The van der Waals surface area contributed by atoms with Crippen LogP contribution < -0.4 is 10.1 Å². The van der Waals surface area contributed by atoms with E-state index >= 15 is 0 Å². The maximum atomic E-state index is 12.5. The molecule has 0 atom stereocenters. The molecule has 26 heavy (non-hydrogen) atoms. The third-order valence-electron chi connectivity index (χ3n) is 4.09. The smallest absolute Gasteiger partial charge is 0.260 e. The molecule has 136 valence electrons. The van der Waals surface area contributed by atoms with Crippen LogP contribution in [0.5, 0.6) is 5.75 Å². The fraction of sp³-hybridized carbons (Fsp3) is 0.263. The number of halogens is 2. The monoisotopic (exact) mass is 484 g/mol. The molecule has 2 amide bonds. The van der Waals surface area contributed by atoms with Crippen molar-refractivity contribution in [2.45, 2.75) is 12.8 Å². The molecule has 1 aliphatic rings. The van der Waals surface area contributed by atoms with Gasteiger partial charge in [0.25, 0.3) is 11.8 Å². The zero-order chi connectivity index (χ0) is 18.5. The van der Waals surface area contributed by atoms with Gasteiger partial charge in [0.2, 0.25) is 0 Å². The Morgan fingerprint density at radius 3 is 2.69 bits per heavy atom. The minimum absolute atomic E-state index is 0.00356. The minimum atomic E-state index is -0.248. The molecule has 0 radical (unpaired) electrons. The molecule has 5 nitrogen and oxygen atoms in total. The maximum Gasteiger partial charge on any atom is 0.260 e. The van der Waals surface area contributed by atoms with Crippen molar-refractivity contribution in [3.05, 3.63) is 56.6 Å². The van der Waals surface area contributed by atoms with Gasteiger partial charge in [0.1, 0.15) is 5.75 Å². The lowest BCUT2D eigenvalue weighted by atomic mass is 10.2. The van der Waals surface area contributed by atoms with Crippen LogP contribution in [0, 0.1) is 3.57 Å². The Kier molecular flexibility index (Phi) is 6.37. The summed E-state index contributed by atoms with van der Waals surface area (Å²) in [5, 5.41) is 3.34. The van der Waals surface area contributed by atoms with Crippen LogP contribution in [-0.2, 0) is 4.79 Å². The van der Waals surface area contributed by atoms with Crippen LogP contribution in [-0.4, -0.2) is 36.4 Å². The summed E-state index contributed by atoms with van der Waals surface area (Å²) < 4.78 is 6.40. The number of likely N-dealkylation sites (tertiary alicyclic amines) is 1. The molecule has 0 unspecified atom stereocenters. The highest BCUT2D eigenvalue weighted by atomic mass is 127. The van der Waals surface area contributed by atoms with Gasteiger partial charge < -0.3 is 15.0 Å². The number of carbonyl (C=O) groups excluding carboxylic acids is 2. The molecule has 7 heteroatoms. The molecule has 1 aliphatic heterocycles. The van der Waals surface area contributed by atoms with E-state index in [-0.39, 0.29) is 18.4 Å². The number of ether oxygens (including phenoxy) is 1. The molecular formula is C19H18ClIN2O3. The Balaban J connectivity index is 1.62. The SMILES string of the molecule is O=C(Nc1cccc(OCC(=O)N2CCCC2)c1)c1cc(Cl)ccc1I. The second-order valence-electron chi connectivity index (χ2n) is 5.98. The van der Waals surface area contributed by atoms with Gasteiger partial charge in [-0.15, -0.1) is 0 Å². The molecule has 1 saturated heterocycles. The minimum Gasteiger partial charge on any atom is -0.484 e. The Morgan fingerprint density at radius 1 is 1.15 bits per heavy atom. The fourth-order valence-electron chi connectivity index (χ4n) is 2.74. The highest BCUT2D eigenvalue weighted by Gasteiger charge is 2.18. The molecule has 2 aromatic rings. The van der Waals surface area contributed by atoms with E-state index in [0.717, 1.165) is 29.5 Å². The van der Waals surface area contributed by atoms with Crippen LogP contribution in [0.2, 0.25) is 5.02 Å². The molecular weight excluding hydrogens is 467 g/mol. The number of anilines is 1. The highest BCUT2D eigenvalue weighted by Crippen LogP contribution is 2.22. The largest absolute Gasteiger partial charge is 0.484 e. The summed E-state index contributed by atoms with van der Waals surface area (Å²) in [4.78, 5) is 26.3. The number of nitrogens with zero attached hydrogens (tertiary/aromatic N) is 1. The normalized spacial score (nSPS) is 13.5. The first kappa shape index (κ1) is 19.0. The maximum absolute atomic E-state index is 12.5. The van der Waals surface area contributed by atoms with E-state index in [9.17, 15) is 9.59 Å². The lowest BCUT2D eigenvalue weighted by molar-refractivity contribution is -0.132. The van der Waals surface area contributed by atoms with E-state index < -0.39 is 0 Å². The van der Waals surface area contributed by atoms with Crippen molar-refractivity contribution in [2.24, 2.45) is 0 Å². The molecule has 1 fully saturated rings. The van der Waals surface area contributed by atoms with Gasteiger partial charge in [0, 0.05) is 33.4 Å². The molecule has 0 aromatic heterocycles. The standard InChI is InChI=1S/C19H18ClIN2O3/c20-13-6-7-17(21)16(10-13)19(25)22-14-4-3-5-15(11-14)26-12-18(24)23-8-1-2-9-23/h3-7,10-11H,1-2,8-9,12H2,(H,22,25). The van der Waals surface area contributed by atoms with Crippen molar-refractivity contribution >= 4 is 51.7 Å². The van der Waals surface area contributed by atoms with E-state index in [4.69, 9.17) is 16.3 Å². The third kappa shape index (κ3) is 4.88. The topological polar surface area (TPSA) is 58.6 Å². The first-order valence-electron chi connectivity index (χ1n) is 8.30. The predicted octanol–water partition coefficient (Wildman–Crippen LogP) is 4.20. The summed E-state index contributed by atoms with van der Waals surface area (Å²) in [6, 6.07) is 12.2. The van der Waals surface area contributed by atoms with Crippen LogP contribution in [0.15, 0.2) is 42.5 Å². The van der Waals surface area contributed by atoms with E-state index in [1.54, 1.807) is 42.5 Å². The van der Waals surface area contributed by atoms with Crippen molar-refractivity contribution < 1.29 is 14.3 Å². The van der Waals surface area contributed by atoms with Gasteiger partial charge in [-0.3, -0.25) is 9.59 Å². The Hall–Kier alpha value is -1.80. The molecule has 2 aromatic carbocycles. The summed E-state index contributed by atoms with van der Waals surface area (Å²) in [7, 11) is 0. The Labute approximate surface area is 170 Å². The summed E-state index contributed by atoms with van der Waals surface area (Å²) in [5.74, 6) is 0.281. The average molecular weight is 485 g/mol. The van der Waals surface area contributed by atoms with Crippen molar-refractivity contribution in [1.29, 1.82) is 0 Å². The molecule has 0 aliphatic carbocycles. The van der Waals surface area contributed by atoms with Crippen molar-refractivity contribution in [2.75, 3.05) is 25.0 Å². The average Bonchev–Trinajstić information content (AvgIpc) is 3.17. The van der Waals surface area contributed by atoms with Crippen molar-refractivity contribution in [3.63, 3.8) is 0 Å². The first-order valence-corrected chi connectivity index (χ1v) is 9.75. The van der Waals surface area contributed by atoms with Crippen LogP contribution in [0.25, 0.3) is 0 Å². The number of hydrogen-bond acceptors (Lipinski definition) is 3. The van der Waals surface area contributed by atoms with Crippen LogP contribution >= 0.6 is 34.2 Å². The number of amides is 2. The third-order valence-corrected chi connectivity index (χ3v) is 5.26. The molecule has 1 N–H and O–H groups in total. The quantitative estimate of drug-likeness (QED) is 0.647. The van der Waals surface area contributed by atoms with Crippen LogP contribution in [0.4, 0.5) is 5.69 Å². The van der Waals surface area contributed by atoms with E-state index in [2.05, 4.69) is 27.9 Å². The van der Waals surface area contributed by atoms with Gasteiger partial charge >= 0.3 is 0 Å². The molecule has 0 saturated carbocycles. The number of benzene rings is 2. The van der Waals surface area contributed by atoms with Gasteiger partial charge in [-0.2, -0.15) is 0 Å². The van der Waals surface area contributed by atoms with Crippen molar-refractivity contribution in [1.82, 2.24) is 4.90 Å². The van der Waals surface area contributed by atoms with Gasteiger partial charge in [-0.25, -0.2) is 0 Å². The summed E-state index contributed by atoms with van der Waals surface area (Å²) in [5.41, 5.74) is 1.10. The number of hydrogen-bond donors (Lipinski definition) is 1. The lowest BCUT2D eigenvalue weighted by Crippen LogP contribution is -2.32. The van der Waals surface area contributed by atoms with Crippen LogP contribution in [0.3, 0.4) is 0 Å². The van der Waals surface area contributed by atoms with E-state index in [1.165, 1.54) is 0 Å². The van der Waals surface area contributed by atoms with Gasteiger partial charge in [-0.1, -0.05) is 17.7 Å². The highest BCUT2D eigenvalue weighted by molar-refractivity contribution is 14.1. The van der Waals surface area contributed by atoms with Gasteiger partial charge in [0.05, 0.1) is 5.56 Å². The van der Waals surface area contributed by atoms with Crippen LogP contribution in [0.1, 0.15) is 23.2 Å². The summed E-state index contributed by atoms with van der Waals surface area (Å²) >= 11 is 8.07. The molecule has 3 rings (SSSR count). The number of nitrogens with one attached hydrogen (secondary N) is 1. The number of carbonyl (C=O) groups is 2. The van der Waals surface area contributed by atoms with Crippen molar-refractivity contribution in [3.8, 4) is 5.75 Å². The summed E-state index contributed by atoms with van der Waals surface area (Å²) in [6.45, 7) is 1.61. The number of rotatable bonds is 5. The Morgan fingerprint density at radius 2 is 1.92 bits per heavy atom. The fourth-order valence-corrected chi connectivity index (χ4v) is 3.49. The molecule has 0 spiro atoms. The Bertz CT molecular complexity index is 822.